The van der Waals surface area contributed by atoms with Gasteiger partial charge in [0, 0.05) is 26.2 Å². The molecule has 2 heterocycles. The number of benzene rings is 1. The van der Waals surface area contributed by atoms with E-state index in [1.165, 1.54) is 6.07 Å². The number of rotatable bonds is 6. The molecule has 2 aliphatic heterocycles. The van der Waals surface area contributed by atoms with Crippen LogP contribution in [0, 0.1) is 0 Å². The summed E-state index contributed by atoms with van der Waals surface area (Å²) in [6, 6.07) is 4.97. The molecule has 11 heteroatoms. The molecule has 8 nitrogen and oxygen atoms in total. The number of piperazine rings is 1. The van der Waals surface area contributed by atoms with Crippen LogP contribution in [0.1, 0.15) is 33.3 Å². The molecular formula is C21H31F2IN4O4. The highest BCUT2D eigenvalue weighted by atomic mass is 127. The third-order valence-corrected chi connectivity index (χ3v) is 4.83. The monoisotopic (exact) mass is 568 g/mol. The zero-order valence-electron chi connectivity index (χ0n) is 18.8. The number of nitrogens with one attached hydrogen (secondary N) is 1. The summed E-state index contributed by atoms with van der Waals surface area (Å²) in [5, 5.41) is 3.31. The number of amides is 1. The van der Waals surface area contributed by atoms with Gasteiger partial charge in [-0.2, -0.15) is 8.78 Å². The van der Waals surface area contributed by atoms with Gasteiger partial charge in [-0.25, -0.2) is 4.79 Å². The number of aliphatic imine (C=N–C) groups is 1. The van der Waals surface area contributed by atoms with E-state index in [9.17, 15) is 13.6 Å². The highest BCUT2D eigenvalue weighted by Crippen LogP contribution is 2.30. The molecule has 1 saturated heterocycles. The molecule has 0 radical (unpaired) electrons. The van der Waals surface area contributed by atoms with Crippen LogP contribution in [-0.2, 0) is 11.3 Å². The molecule has 1 N–H and O–H groups in total. The van der Waals surface area contributed by atoms with Crippen molar-refractivity contribution in [2.24, 2.45) is 4.99 Å². The van der Waals surface area contributed by atoms with Gasteiger partial charge in [0.25, 0.3) is 0 Å². The molecular weight excluding hydrogens is 537 g/mol. The predicted octanol–water partition coefficient (Wildman–Crippen LogP) is 3.69. The van der Waals surface area contributed by atoms with E-state index < -0.39 is 12.2 Å². The zero-order valence-corrected chi connectivity index (χ0v) is 21.1. The van der Waals surface area contributed by atoms with Crippen LogP contribution < -0.4 is 14.8 Å². The van der Waals surface area contributed by atoms with E-state index in [0.29, 0.717) is 39.3 Å². The SMILES string of the molecule is CCOc1cc(CNC2=NCC3CN(C(=O)OC(C)(C)C)CCN23)ccc1OC(F)F.I. The molecule has 0 saturated carbocycles. The average Bonchev–Trinajstić information content (AvgIpc) is 3.09. The molecule has 0 bridgehead atoms. The number of alkyl halides is 2. The molecule has 1 unspecified atom stereocenters. The van der Waals surface area contributed by atoms with Crippen molar-refractivity contribution in [1.29, 1.82) is 0 Å². The Morgan fingerprint density at radius 3 is 2.69 bits per heavy atom. The summed E-state index contributed by atoms with van der Waals surface area (Å²) in [6.45, 7) is 7.57. The van der Waals surface area contributed by atoms with Crippen molar-refractivity contribution in [3.05, 3.63) is 23.8 Å². The zero-order chi connectivity index (χ0) is 22.6. The fraction of sp³-hybridized carbons (Fsp3) is 0.619. The molecule has 2 aliphatic rings. The minimum Gasteiger partial charge on any atom is -0.490 e. The van der Waals surface area contributed by atoms with Gasteiger partial charge in [-0.05, 0) is 45.4 Å². The van der Waals surface area contributed by atoms with Crippen LogP contribution >= 0.6 is 24.0 Å². The summed E-state index contributed by atoms with van der Waals surface area (Å²) in [7, 11) is 0. The Bertz CT molecular complexity index is 819. The van der Waals surface area contributed by atoms with Crippen molar-refractivity contribution in [3.8, 4) is 11.5 Å². The van der Waals surface area contributed by atoms with Crippen LogP contribution in [0.5, 0.6) is 11.5 Å². The largest absolute Gasteiger partial charge is 0.490 e. The lowest BCUT2D eigenvalue weighted by atomic mass is 10.2. The average molecular weight is 568 g/mol. The van der Waals surface area contributed by atoms with Crippen LogP contribution in [0.3, 0.4) is 0 Å². The smallest absolute Gasteiger partial charge is 0.410 e. The summed E-state index contributed by atoms with van der Waals surface area (Å²) >= 11 is 0. The van der Waals surface area contributed by atoms with Crippen LogP contribution in [0.15, 0.2) is 23.2 Å². The van der Waals surface area contributed by atoms with Crippen LogP contribution in [0.4, 0.5) is 13.6 Å². The Balaban J connectivity index is 0.00000363. The van der Waals surface area contributed by atoms with E-state index in [1.54, 1.807) is 24.0 Å². The van der Waals surface area contributed by atoms with E-state index >= 15 is 0 Å². The van der Waals surface area contributed by atoms with E-state index in [0.717, 1.165) is 11.5 Å². The summed E-state index contributed by atoms with van der Waals surface area (Å²) < 4.78 is 40.5. The lowest BCUT2D eigenvalue weighted by molar-refractivity contribution is -0.0514. The summed E-state index contributed by atoms with van der Waals surface area (Å²) in [5.41, 5.74) is 0.326. The predicted molar refractivity (Wildman–Crippen MR) is 127 cm³/mol. The number of halogens is 3. The normalized spacial score (nSPS) is 18.0. The molecule has 1 fully saturated rings. The number of guanidine groups is 1. The number of hydrogen-bond donors (Lipinski definition) is 1. The fourth-order valence-corrected chi connectivity index (χ4v) is 3.53. The van der Waals surface area contributed by atoms with Gasteiger partial charge in [0.2, 0.25) is 0 Å². The third kappa shape index (κ3) is 6.97. The number of carbonyl (C=O) groups excluding carboxylic acids is 1. The molecule has 3 rings (SSSR count). The molecule has 1 amide bonds. The molecule has 1 aromatic rings. The number of ether oxygens (including phenoxy) is 3. The molecule has 0 spiro atoms. The van der Waals surface area contributed by atoms with Gasteiger partial charge in [0.05, 0.1) is 19.2 Å². The van der Waals surface area contributed by atoms with Crippen LogP contribution in [0.25, 0.3) is 0 Å². The maximum absolute atomic E-state index is 12.6. The van der Waals surface area contributed by atoms with E-state index in [1.807, 2.05) is 20.8 Å². The lowest BCUT2D eigenvalue weighted by Crippen LogP contribution is -2.57. The van der Waals surface area contributed by atoms with Crippen LogP contribution in [0.2, 0.25) is 0 Å². The third-order valence-electron chi connectivity index (χ3n) is 4.83. The molecule has 0 aromatic heterocycles. The van der Waals surface area contributed by atoms with Crippen LogP contribution in [-0.4, -0.2) is 72.9 Å². The van der Waals surface area contributed by atoms with Crippen molar-refractivity contribution in [2.45, 2.75) is 52.5 Å². The minimum atomic E-state index is -2.91. The second-order valence-corrected chi connectivity index (χ2v) is 8.38. The van der Waals surface area contributed by atoms with Crippen molar-refractivity contribution in [2.75, 3.05) is 32.8 Å². The summed E-state index contributed by atoms with van der Waals surface area (Å²) in [4.78, 5) is 20.8. The fourth-order valence-electron chi connectivity index (χ4n) is 3.53. The second kappa shape index (κ2) is 11.2. The first-order chi connectivity index (χ1) is 14.7. The van der Waals surface area contributed by atoms with Gasteiger partial charge in [-0.1, -0.05) is 6.07 Å². The van der Waals surface area contributed by atoms with E-state index in [4.69, 9.17) is 9.47 Å². The molecule has 1 atom stereocenters. The van der Waals surface area contributed by atoms with Gasteiger partial charge >= 0.3 is 12.7 Å². The van der Waals surface area contributed by atoms with Gasteiger partial charge in [0.1, 0.15) is 5.60 Å². The Labute approximate surface area is 204 Å². The second-order valence-electron chi connectivity index (χ2n) is 8.38. The van der Waals surface area contributed by atoms with Crippen molar-refractivity contribution >= 4 is 36.0 Å². The number of hydrogen-bond acceptors (Lipinski definition) is 7. The van der Waals surface area contributed by atoms with Gasteiger partial charge in [-0.3, -0.25) is 4.99 Å². The number of nitrogens with zero attached hydrogens (tertiary/aromatic N) is 3. The highest BCUT2D eigenvalue weighted by Gasteiger charge is 2.36. The Kier molecular flexibility index (Phi) is 9.17. The van der Waals surface area contributed by atoms with Gasteiger partial charge in [-0.15, -0.1) is 24.0 Å². The number of fused-ring (bicyclic) bond motifs is 1. The minimum absolute atomic E-state index is 0. The van der Waals surface area contributed by atoms with Crippen molar-refractivity contribution < 1.29 is 27.8 Å². The molecule has 32 heavy (non-hydrogen) atoms. The molecule has 180 valence electrons. The summed E-state index contributed by atoms with van der Waals surface area (Å²) in [5.74, 6) is 1.05. The first kappa shape index (κ1) is 26.2. The highest BCUT2D eigenvalue weighted by molar-refractivity contribution is 14.0. The maximum Gasteiger partial charge on any atom is 0.410 e. The first-order valence-corrected chi connectivity index (χ1v) is 10.4. The molecule has 0 aliphatic carbocycles. The maximum atomic E-state index is 12.6. The Hall–Kier alpha value is -2.05. The molecule has 1 aromatic carbocycles. The van der Waals surface area contributed by atoms with E-state index in [2.05, 4.69) is 19.9 Å². The topological polar surface area (TPSA) is 75.6 Å². The number of carbonyl (C=O) groups is 1. The van der Waals surface area contributed by atoms with Gasteiger partial charge in [0.15, 0.2) is 17.5 Å². The van der Waals surface area contributed by atoms with Gasteiger partial charge < -0.3 is 29.3 Å². The van der Waals surface area contributed by atoms with Crippen molar-refractivity contribution in [1.82, 2.24) is 15.1 Å². The Morgan fingerprint density at radius 2 is 2.03 bits per heavy atom. The lowest BCUT2D eigenvalue weighted by Gasteiger charge is -2.39. The first-order valence-electron chi connectivity index (χ1n) is 10.4. The standard InChI is InChI=1S/C21H30F2N4O4.HI/c1-5-29-17-10-14(6-7-16(17)30-18(22)23)11-24-19-25-12-15-13-26(8-9-27(15)19)20(28)31-21(2,3)4;/h6-7,10,15,18H,5,8-9,11-13H2,1-4H3,(H,24,25);1H. The summed E-state index contributed by atoms with van der Waals surface area (Å²) in [6.07, 6.45) is -0.303. The quantitative estimate of drug-likeness (QED) is 0.528. The van der Waals surface area contributed by atoms with Crippen molar-refractivity contribution in [3.63, 3.8) is 0 Å². The Morgan fingerprint density at radius 1 is 1.28 bits per heavy atom. The van der Waals surface area contributed by atoms with E-state index in [-0.39, 0.29) is 47.6 Å².